The van der Waals surface area contributed by atoms with Crippen LogP contribution < -0.4 is 5.73 Å². The van der Waals surface area contributed by atoms with Gasteiger partial charge in [-0.15, -0.1) is 0 Å². The highest BCUT2D eigenvalue weighted by Crippen LogP contribution is 2.51. The summed E-state index contributed by atoms with van der Waals surface area (Å²) in [6, 6.07) is 4.37. The monoisotopic (exact) mass is 306 g/mol. The number of primary amides is 1. The fourth-order valence-electron chi connectivity index (χ4n) is 4.51. The van der Waals surface area contributed by atoms with E-state index in [0.29, 0.717) is 11.1 Å². The predicted octanol–water partition coefficient (Wildman–Crippen LogP) is 2.13. The number of fused-ring (bicyclic) bond motifs is 2. The Morgan fingerprint density at radius 3 is 2.55 bits per heavy atom. The lowest BCUT2D eigenvalue weighted by Gasteiger charge is -2.54. The first kappa shape index (κ1) is 15.4. The molecule has 22 heavy (non-hydrogen) atoms. The third kappa shape index (κ3) is 2.23. The van der Waals surface area contributed by atoms with Crippen LogP contribution in [0, 0.1) is 17.7 Å². The van der Waals surface area contributed by atoms with E-state index in [1.165, 1.54) is 12.1 Å². The summed E-state index contributed by atoms with van der Waals surface area (Å²) in [7, 11) is 3.76. The Labute approximate surface area is 130 Å². The summed E-state index contributed by atoms with van der Waals surface area (Å²) in [6.07, 6.45) is 3.16. The van der Waals surface area contributed by atoms with Crippen LogP contribution in [0.2, 0.25) is 0 Å². The summed E-state index contributed by atoms with van der Waals surface area (Å²) < 4.78 is 20.6. The topological polar surface area (TPSA) is 55.6 Å². The number of piperidine rings is 1. The number of carbonyl (C=O) groups is 1. The van der Waals surface area contributed by atoms with Crippen LogP contribution in [0.4, 0.5) is 4.39 Å². The molecule has 0 radical (unpaired) electrons. The lowest BCUT2D eigenvalue weighted by atomic mass is 9.62. The summed E-state index contributed by atoms with van der Waals surface area (Å²) in [5.74, 6) is -0.390. The minimum atomic E-state index is -0.652. The van der Waals surface area contributed by atoms with Crippen LogP contribution in [0.3, 0.4) is 0 Å². The van der Waals surface area contributed by atoms with Crippen LogP contribution in [0.15, 0.2) is 18.2 Å². The Morgan fingerprint density at radius 1 is 1.36 bits per heavy atom. The van der Waals surface area contributed by atoms with Gasteiger partial charge in [-0.05, 0) is 38.1 Å². The van der Waals surface area contributed by atoms with Crippen LogP contribution in [-0.2, 0) is 10.3 Å². The van der Waals surface area contributed by atoms with Crippen LogP contribution in [0.25, 0.3) is 0 Å². The van der Waals surface area contributed by atoms with Gasteiger partial charge in [0.05, 0.1) is 0 Å². The number of hydrogen-bond donors (Lipinski definition) is 1. The van der Waals surface area contributed by atoms with E-state index in [1.807, 2.05) is 0 Å². The van der Waals surface area contributed by atoms with Gasteiger partial charge in [-0.2, -0.15) is 0 Å². The molecule has 1 saturated carbocycles. The van der Waals surface area contributed by atoms with E-state index in [0.717, 1.165) is 32.4 Å². The molecule has 1 amide bonds. The number of rotatable bonds is 3. The number of halogens is 1. The fourth-order valence-corrected chi connectivity index (χ4v) is 4.51. The fraction of sp³-hybridized carbons (Fsp3) is 0.588. The van der Waals surface area contributed by atoms with E-state index in [9.17, 15) is 9.18 Å². The van der Waals surface area contributed by atoms with Crippen molar-refractivity contribution in [3.63, 3.8) is 0 Å². The third-order valence-electron chi connectivity index (χ3n) is 5.39. The molecule has 2 atom stereocenters. The van der Waals surface area contributed by atoms with E-state index in [4.69, 9.17) is 10.5 Å². The molecule has 2 unspecified atom stereocenters. The second kappa shape index (κ2) is 5.63. The van der Waals surface area contributed by atoms with Crippen molar-refractivity contribution in [1.29, 1.82) is 0 Å². The van der Waals surface area contributed by atoms with Gasteiger partial charge in [-0.25, -0.2) is 4.39 Å². The minimum Gasteiger partial charge on any atom is -0.373 e. The van der Waals surface area contributed by atoms with Gasteiger partial charge in [-0.3, -0.25) is 4.79 Å². The van der Waals surface area contributed by atoms with Gasteiger partial charge in [0.15, 0.2) is 0 Å². The van der Waals surface area contributed by atoms with Crippen molar-refractivity contribution in [3.8, 4) is 0 Å². The molecule has 5 heteroatoms. The van der Waals surface area contributed by atoms with Gasteiger partial charge >= 0.3 is 0 Å². The lowest BCUT2D eigenvalue weighted by Crippen LogP contribution is -2.58. The van der Waals surface area contributed by atoms with E-state index < -0.39 is 11.5 Å². The van der Waals surface area contributed by atoms with Gasteiger partial charge in [0.2, 0.25) is 5.91 Å². The molecule has 3 rings (SSSR count). The maximum Gasteiger partial charge on any atom is 0.248 e. The molecule has 1 aliphatic heterocycles. The quantitative estimate of drug-likeness (QED) is 0.931. The second-order valence-electron chi connectivity index (χ2n) is 6.60. The van der Waals surface area contributed by atoms with Crippen molar-refractivity contribution in [2.45, 2.75) is 24.9 Å². The molecule has 1 saturated heterocycles. The molecule has 1 heterocycles. The second-order valence-corrected chi connectivity index (χ2v) is 6.60. The molecule has 2 N–H and O–H groups in total. The van der Waals surface area contributed by atoms with Crippen molar-refractivity contribution in [3.05, 3.63) is 35.1 Å². The number of likely N-dealkylation sites (tertiary alicyclic amines) is 1. The Morgan fingerprint density at radius 2 is 2.00 bits per heavy atom. The average Bonchev–Trinajstić information content (AvgIpc) is 2.47. The standard InChI is InChI=1S/C17H23FN2O2/c1-20-9-12-4-3-5-13(10-20)17(12,22-2)14-8-11(16(19)21)6-7-15(14)18/h6-8,12-13H,3-5,9-10H2,1-2H3,(H2,19,21). The zero-order valence-electron chi connectivity index (χ0n) is 13.1. The van der Waals surface area contributed by atoms with Crippen molar-refractivity contribution in [1.82, 2.24) is 4.90 Å². The van der Waals surface area contributed by atoms with Crippen molar-refractivity contribution in [2.24, 2.45) is 17.6 Å². The molecule has 2 aliphatic rings. The van der Waals surface area contributed by atoms with Gasteiger partial charge in [0.25, 0.3) is 0 Å². The summed E-state index contributed by atoms with van der Waals surface area (Å²) in [4.78, 5) is 13.8. The first-order chi connectivity index (χ1) is 10.5. The lowest BCUT2D eigenvalue weighted by molar-refractivity contribution is -0.167. The highest BCUT2D eigenvalue weighted by Gasteiger charge is 2.53. The number of ether oxygens (including phenoxy) is 1. The first-order valence-corrected chi connectivity index (χ1v) is 7.82. The number of amides is 1. The number of hydrogen-bond acceptors (Lipinski definition) is 3. The Hall–Kier alpha value is -1.46. The van der Waals surface area contributed by atoms with E-state index in [1.54, 1.807) is 13.2 Å². The van der Waals surface area contributed by atoms with E-state index in [2.05, 4.69) is 11.9 Å². The number of nitrogens with zero attached hydrogens (tertiary/aromatic N) is 1. The van der Waals surface area contributed by atoms with Crippen molar-refractivity contribution >= 4 is 5.91 Å². The van der Waals surface area contributed by atoms with Gasteiger partial charge in [0.1, 0.15) is 11.4 Å². The maximum absolute atomic E-state index is 14.6. The molecule has 2 fully saturated rings. The van der Waals surface area contributed by atoms with E-state index in [-0.39, 0.29) is 17.7 Å². The summed E-state index contributed by atoms with van der Waals surface area (Å²) in [5, 5.41) is 0. The highest BCUT2D eigenvalue weighted by atomic mass is 19.1. The molecular formula is C17H23FN2O2. The average molecular weight is 306 g/mol. The molecule has 1 aromatic rings. The normalized spacial score (nSPS) is 32.0. The van der Waals surface area contributed by atoms with Crippen molar-refractivity contribution in [2.75, 3.05) is 27.2 Å². The zero-order chi connectivity index (χ0) is 15.9. The Bertz CT molecular complexity index is 576. The summed E-state index contributed by atoms with van der Waals surface area (Å²) in [6.45, 7) is 1.76. The van der Waals surface area contributed by atoms with Crippen LogP contribution in [0.5, 0.6) is 0 Å². The Kier molecular flexibility index (Phi) is 3.95. The smallest absolute Gasteiger partial charge is 0.248 e. The maximum atomic E-state index is 14.6. The number of benzene rings is 1. The SMILES string of the molecule is COC1(c2cc(C(N)=O)ccc2F)C2CCCC1CN(C)C2. The number of methoxy groups -OCH3 is 1. The molecule has 0 spiro atoms. The minimum absolute atomic E-state index is 0.229. The molecule has 120 valence electrons. The van der Waals surface area contributed by atoms with Crippen LogP contribution in [0.1, 0.15) is 35.2 Å². The van der Waals surface area contributed by atoms with Gasteiger partial charge in [0, 0.05) is 43.2 Å². The zero-order valence-corrected chi connectivity index (χ0v) is 13.1. The summed E-state index contributed by atoms with van der Waals surface area (Å²) in [5.41, 5.74) is 5.55. The number of carbonyl (C=O) groups excluding carboxylic acids is 1. The molecular weight excluding hydrogens is 283 g/mol. The highest BCUT2D eigenvalue weighted by molar-refractivity contribution is 5.93. The largest absolute Gasteiger partial charge is 0.373 e. The predicted molar refractivity (Wildman–Crippen MR) is 81.9 cm³/mol. The Balaban J connectivity index is 2.14. The molecule has 0 aromatic heterocycles. The van der Waals surface area contributed by atoms with E-state index >= 15 is 0 Å². The molecule has 1 aliphatic carbocycles. The first-order valence-electron chi connectivity index (χ1n) is 7.82. The van der Waals surface area contributed by atoms with Crippen LogP contribution in [-0.4, -0.2) is 38.1 Å². The third-order valence-corrected chi connectivity index (χ3v) is 5.39. The van der Waals surface area contributed by atoms with Gasteiger partial charge < -0.3 is 15.4 Å². The van der Waals surface area contributed by atoms with Gasteiger partial charge in [-0.1, -0.05) is 6.42 Å². The molecule has 2 bridgehead atoms. The summed E-state index contributed by atoms with van der Waals surface area (Å²) >= 11 is 0. The molecule has 4 nitrogen and oxygen atoms in total. The van der Waals surface area contributed by atoms with Crippen LogP contribution >= 0.6 is 0 Å². The van der Waals surface area contributed by atoms with Crippen molar-refractivity contribution < 1.29 is 13.9 Å². The molecule has 1 aromatic carbocycles. The number of nitrogens with two attached hydrogens (primary N) is 1.